The lowest BCUT2D eigenvalue weighted by Gasteiger charge is -2.52. The molecule has 0 amide bonds. The minimum atomic E-state index is -0.299. The zero-order valence-corrected chi connectivity index (χ0v) is 35.0. The van der Waals surface area contributed by atoms with Crippen molar-refractivity contribution < 1.29 is 4.42 Å². The van der Waals surface area contributed by atoms with Gasteiger partial charge in [-0.15, -0.1) is 0 Å². The first kappa shape index (κ1) is 33.9. The number of hydrogen-bond acceptors (Lipinski definition) is 3. The monoisotopic (exact) mass is 762 g/mol. The maximum absolute atomic E-state index is 7.06. The lowest BCUT2D eigenvalue weighted by Crippen LogP contribution is -2.49. The Labute approximate surface area is 347 Å². The Kier molecular flexibility index (Phi) is 6.20. The van der Waals surface area contributed by atoms with Gasteiger partial charge >= 0.3 is 0 Å². The predicted molar refractivity (Wildman–Crippen MR) is 248 cm³/mol. The van der Waals surface area contributed by atoms with Crippen LogP contribution in [0.5, 0.6) is 0 Å². The predicted octanol–water partition coefficient (Wildman–Crippen LogP) is 12.8. The summed E-state index contributed by atoms with van der Waals surface area (Å²) in [7, 11) is 0.843. The van der Waals surface area contributed by atoms with Gasteiger partial charge in [0.05, 0.1) is 11.4 Å². The van der Waals surface area contributed by atoms with Crippen LogP contribution in [0.15, 0.2) is 126 Å². The molecule has 7 aromatic carbocycles. The highest BCUT2D eigenvalue weighted by Crippen LogP contribution is 2.66. The van der Waals surface area contributed by atoms with Gasteiger partial charge in [-0.3, -0.25) is 0 Å². The molecule has 2 aliphatic carbocycles. The molecule has 0 saturated carbocycles. The van der Waals surface area contributed by atoms with Crippen LogP contribution in [0.3, 0.4) is 0 Å². The quantitative estimate of drug-likeness (QED) is 0.182. The summed E-state index contributed by atoms with van der Waals surface area (Å²) >= 11 is 0. The summed E-state index contributed by atoms with van der Waals surface area (Å²) in [5.74, 6) is 0. The van der Waals surface area contributed by atoms with E-state index in [1.807, 2.05) is 0 Å². The highest BCUT2D eigenvalue weighted by molar-refractivity contribution is 6.73. The number of benzene rings is 7. The minimum Gasteiger partial charge on any atom is -0.455 e. The van der Waals surface area contributed by atoms with Gasteiger partial charge in [-0.2, -0.15) is 0 Å². The van der Waals surface area contributed by atoms with Crippen LogP contribution in [-0.2, 0) is 21.7 Å². The molecule has 3 aliphatic heterocycles. The molecule has 1 N–H and O–H groups in total. The van der Waals surface area contributed by atoms with Crippen LogP contribution in [0, 0.1) is 0 Å². The number of rotatable bonds is 3. The largest absolute Gasteiger partial charge is 0.455 e. The standard InChI is InChI=1S/C55H47BN2O/c1-52(2)26-27-53(3,4)41-28-30(22-24-37(41)52)57-43-25-23-33-32-15-9-11-21-44(32)59-51(33)45(43)35-29-34-31-14-8-10-16-36(31)55(7)40-19-12-17-38-48(40)58-49-39(54(38,5)6)18-13-20-42(49)56-47(35)50(58)46(34)55/h8-25,28-29,56-57H,26-27H2,1-7H3. The number of nitrogens with one attached hydrogen (secondary N) is 1. The molecule has 8 aromatic rings. The van der Waals surface area contributed by atoms with E-state index >= 15 is 0 Å². The number of para-hydroxylation sites is 3. The van der Waals surface area contributed by atoms with Crippen molar-refractivity contribution in [3.8, 4) is 22.3 Å². The molecule has 4 heterocycles. The van der Waals surface area contributed by atoms with E-state index in [1.54, 1.807) is 0 Å². The van der Waals surface area contributed by atoms with Gasteiger partial charge in [0.15, 0.2) is 7.28 Å². The van der Waals surface area contributed by atoms with Crippen molar-refractivity contribution in [3.05, 3.63) is 160 Å². The molecule has 1 unspecified atom stereocenters. The lowest BCUT2D eigenvalue weighted by molar-refractivity contribution is 0.332. The molecule has 0 saturated heterocycles. The molecule has 59 heavy (non-hydrogen) atoms. The van der Waals surface area contributed by atoms with Gasteiger partial charge in [-0.25, -0.2) is 0 Å². The number of hydrogen-bond donors (Lipinski definition) is 1. The molecule has 5 aliphatic rings. The third-order valence-corrected chi connectivity index (χ3v) is 15.7. The van der Waals surface area contributed by atoms with Crippen molar-refractivity contribution in [2.75, 3.05) is 10.2 Å². The van der Waals surface area contributed by atoms with Crippen LogP contribution in [0.25, 0.3) is 44.2 Å². The zero-order valence-electron chi connectivity index (χ0n) is 35.0. The maximum Gasteiger partial charge on any atom is 0.198 e. The SMILES string of the molecule is CC1(C)CCC(C)(C)c2cc(Nc3ccc4c(oc5ccccc54)c3-c3cc4c5c6c3Bc3cccc7c3N6c3c(cccc3C5(C)c3ccccc3-4)C7(C)C)ccc21. The molecule has 286 valence electrons. The fourth-order valence-corrected chi connectivity index (χ4v) is 12.5. The second-order valence-electron chi connectivity index (χ2n) is 20.1. The van der Waals surface area contributed by atoms with E-state index in [9.17, 15) is 0 Å². The Bertz CT molecular complexity index is 3230. The Hall–Kier alpha value is -6.00. The molecular formula is C55H47BN2O. The zero-order chi connectivity index (χ0) is 40.0. The molecule has 0 radical (unpaired) electrons. The molecule has 0 spiro atoms. The summed E-state index contributed by atoms with van der Waals surface area (Å²) in [4.78, 5) is 2.70. The minimum absolute atomic E-state index is 0.103. The van der Waals surface area contributed by atoms with E-state index in [0.29, 0.717) is 0 Å². The van der Waals surface area contributed by atoms with E-state index in [2.05, 4.69) is 180 Å². The van der Waals surface area contributed by atoms with Gasteiger partial charge in [0.25, 0.3) is 0 Å². The topological polar surface area (TPSA) is 28.4 Å². The molecule has 1 atom stereocenters. The first-order valence-corrected chi connectivity index (χ1v) is 21.6. The first-order chi connectivity index (χ1) is 28.4. The Morgan fingerprint density at radius 3 is 2.12 bits per heavy atom. The molecule has 3 nitrogen and oxygen atoms in total. The van der Waals surface area contributed by atoms with Crippen molar-refractivity contribution in [3.63, 3.8) is 0 Å². The van der Waals surface area contributed by atoms with Gasteiger partial charge < -0.3 is 14.6 Å². The summed E-state index contributed by atoms with van der Waals surface area (Å²) in [6.45, 7) is 17.0. The average molecular weight is 763 g/mol. The van der Waals surface area contributed by atoms with E-state index in [0.717, 1.165) is 46.2 Å². The highest BCUT2D eigenvalue weighted by atomic mass is 16.3. The van der Waals surface area contributed by atoms with E-state index in [-0.39, 0.29) is 21.7 Å². The third kappa shape index (κ3) is 4.06. The normalized spacial score (nSPS) is 19.9. The number of furan rings is 1. The maximum atomic E-state index is 7.06. The second-order valence-corrected chi connectivity index (χ2v) is 20.1. The van der Waals surface area contributed by atoms with Crippen LogP contribution >= 0.6 is 0 Å². The summed E-state index contributed by atoms with van der Waals surface area (Å²) in [5.41, 5.74) is 25.7. The Morgan fingerprint density at radius 2 is 1.27 bits per heavy atom. The van der Waals surface area contributed by atoms with Crippen molar-refractivity contribution in [1.29, 1.82) is 0 Å². The summed E-state index contributed by atoms with van der Waals surface area (Å²) < 4.78 is 7.06. The Balaban J connectivity index is 1.14. The fraction of sp³-hybridized carbons (Fsp3) is 0.236. The summed E-state index contributed by atoms with van der Waals surface area (Å²) in [6.07, 6.45) is 2.37. The van der Waals surface area contributed by atoms with E-state index in [1.165, 1.54) is 96.5 Å². The van der Waals surface area contributed by atoms with Crippen molar-refractivity contribution in [2.24, 2.45) is 0 Å². The lowest BCUT2D eigenvalue weighted by atomic mass is 9.53. The van der Waals surface area contributed by atoms with Crippen molar-refractivity contribution in [2.45, 2.75) is 83.0 Å². The van der Waals surface area contributed by atoms with Gasteiger partial charge in [0.2, 0.25) is 0 Å². The van der Waals surface area contributed by atoms with Crippen LogP contribution in [0.1, 0.15) is 100 Å². The number of anilines is 5. The number of fused-ring (bicyclic) bond motifs is 8. The van der Waals surface area contributed by atoms with Crippen LogP contribution in [0.4, 0.5) is 28.4 Å². The average Bonchev–Trinajstić information content (AvgIpc) is 3.74. The molecule has 0 bridgehead atoms. The molecule has 0 fully saturated rings. The molecule has 1 aromatic heterocycles. The summed E-state index contributed by atoms with van der Waals surface area (Å²) in [6, 6.07) is 46.1. The van der Waals surface area contributed by atoms with Gasteiger partial charge in [0, 0.05) is 44.2 Å². The summed E-state index contributed by atoms with van der Waals surface area (Å²) in [5, 5.41) is 6.34. The van der Waals surface area contributed by atoms with Gasteiger partial charge in [-0.1, -0.05) is 132 Å². The van der Waals surface area contributed by atoms with E-state index < -0.39 is 0 Å². The highest BCUT2D eigenvalue weighted by Gasteiger charge is 2.54. The van der Waals surface area contributed by atoms with Gasteiger partial charge in [0.1, 0.15) is 11.2 Å². The van der Waals surface area contributed by atoms with Crippen LogP contribution in [-0.4, -0.2) is 7.28 Å². The number of nitrogens with zero attached hydrogens (tertiary/aromatic N) is 1. The first-order valence-electron chi connectivity index (χ1n) is 21.6. The second kappa shape index (κ2) is 10.8. The third-order valence-electron chi connectivity index (χ3n) is 15.7. The van der Waals surface area contributed by atoms with Crippen LogP contribution in [0.2, 0.25) is 0 Å². The molecule has 13 rings (SSSR count). The van der Waals surface area contributed by atoms with Crippen molar-refractivity contribution in [1.82, 2.24) is 0 Å². The fourth-order valence-electron chi connectivity index (χ4n) is 12.5. The molecule has 4 heteroatoms. The van der Waals surface area contributed by atoms with Gasteiger partial charge in [-0.05, 0) is 128 Å². The Morgan fingerprint density at radius 1 is 0.559 bits per heavy atom. The molecular weight excluding hydrogens is 715 g/mol. The van der Waals surface area contributed by atoms with Crippen molar-refractivity contribution >= 4 is 68.6 Å². The van der Waals surface area contributed by atoms with E-state index in [4.69, 9.17) is 4.42 Å². The van der Waals surface area contributed by atoms with Crippen LogP contribution < -0.4 is 21.1 Å². The smallest absolute Gasteiger partial charge is 0.198 e.